The first-order chi connectivity index (χ1) is 7.79. The quantitative estimate of drug-likeness (QED) is 0.919. The van der Waals surface area contributed by atoms with E-state index in [1.54, 1.807) is 0 Å². The summed E-state index contributed by atoms with van der Waals surface area (Å²) in [6, 6.07) is 8.10. The maximum absolute atomic E-state index is 6.15. The summed E-state index contributed by atoms with van der Waals surface area (Å²) in [7, 11) is 0. The normalized spacial score (nSPS) is 17.8. The Bertz CT molecular complexity index is 336. The third kappa shape index (κ3) is 4.14. The van der Waals surface area contributed by atoms with Crippen LogP contribution in [0.4, 0.5) is 0 Å². The minimum absolute atomic E-state index is 0. The van der Waals surface area contributed by atoms with Gasteiger partial charge >= 0.3 is 0 Å². The molecule has 0 bridgehead atoms. The zero-order chi connectivity index (χ0) is 11.4. The summed E-state index contributed by atoms with van der Waals surface area (Å²) in [5.41, 5.74) is 6.92. The fraction of sp³-hybridized carbons (Fsp3) is 0.538. The predicted octanol–water partition coefficient (Wildman–Crippen LogP) is 2.93. The molecule has 1 aliphatic heterocycles. The molecule has 96 valence electrons. The predicted molar refractivity (Wildman–Crippen MR) is 75.8 cm³/mol. The molecule has 2 rings (SSSR count). The monoisotopic (exact) mass is 274 g/mol. The molecule has 0 amide bonds. The Hall–Kier alpha value is -0.280. The minimum atomic E-state index is 0. The van der Waals surface area contributed by atoms with Crippen molar-refractivity contribution in [1.82, 2.24) is 4.90 Å². The van der Waals surface area contributed by atoms with Crippen molar-refractivity contribution in [2.45, 2.75) is 19.4 Å². The van der Waals surface area contributed by atoms with Crippen molar-refractivity contribution in [2.24, 2.45) is 11.7 Å². The number of hydrogen-bond acceptors (Lipinski definition) is 2. The molecular weight excluding hydrogens is 255 g/mol. The molecule has 1 aliphatic rings. The summed E-state index contributed by atoms with van der Waals surface area (Å²) in [4.78, 5) is 2.47. The second kappa shape index (κ2) is 7.22. The van der Waals surface area contributed by atoms with Gasteiger partial charge in [-0.1, -0.05) is 29.8 Å². The van der Waals surface area contributed by atoms with E-state index in [1.807, 2.05) is 18.2 Å². The van der Waals surface area contributed by atoms with Gasteiger partial charge in [0.1, 0.15) is 0 Å². The number of nitrogens with two attached hydrogens (primary N) is 1. The molecule has 1 saturated heterocycles. The first kappa shape index (κ1) is 14.8. The van der Waals surface area contributed by atoms with Crippen LogP contribution in [0.5, 0.6) is 0 Å². The number of benzene rings is 1. The molecule has 0 radical (unpaired) electrons. The van der Waals surface area contributed by atoms with Gasteiger partial charge in [-0.3, -0.25) is 4.90 Å². The van der Waals surface area contributed by atoms with Crippen molar-refractivity contribution in [3.8, 4) is 0 Å². The van der Waals surface area contributed by atoms with Crippen LogP contribution < -0.4 is 5.73 Å². The molecule has 0 spiro atoms. The van der Waals surface area contributed by atoms with Crippen molar-refractivity contribution in [2.75, 3.05) is 19.6 Å². The van der Waals surface area contributed by atoms with Crippen LogP contribution in [0.1, 0.15) is 18.4 Å². The third-order valence-electron chi connectivity index (χ3n) is 3.39. The van der Waals surface area contributed by atoms with Gasteiger partial charge in [-0.05, 0) is 50.0 Å². The van der Waals surface area contributed by atoms with Gasteiger partial charge in [0.2, 0.25) is 0 Å². The number of nitrogens with zero attached hydrogens (tertiary/aromatic N) is 1. The van der Waals surface area contributed by atoms with E-state index in [0.29, 0.717) is 0 Å². The Morgan fingerprint density at radius 2 is 1.88 bits per heavy atom. The van der Waals surface area contributed by atoms with Crippen LogP contribution in [-0.2, 0) is 6.54 Å². The van der Waals surface area contributed by atoms with E-state index >= 15 is 0 Å². The second-order valence-electron chi connectivity index (χ2n) is 4.55. The van der Waals surface area contributed by atoms with Gasteiger partial charge in [0.25, 0.3) is 0 Å². The van der Waals surface area contributed by atoms with Crippen LogP contribution >= 0.6 is 24.0 Å². The molecule has 4 heteroatoms. The van der Waals surface area contributed by atoms with Gasteiger partial charge in [0, 0.05) is 11.6 Å². The Morgan fingerprint density at radius 1 is 1.24 bits per heavy atom. The van der Waals surface area contributed by atoms with Gasteiger partial charge in [0.15, 0.2) is 0 Å². The van der Waals surface area contributed by atoms with E-state index in [-0.39, 0.29) is 12.4 Å². The highest BCUT2D eigenvalue weighted by atomic mass is 35.5. The molecule has 0 saturated carbocycles. The number of hydrogen-bond donors (Lipinski definition) is 1. The van der Waals surface area contributed by atoms with Crippen molar-refractivity contribution >= 4 is 24.0 Å². The fourth-order valence-electron chi connectivity index (χ4n) is 2.25. The molecule has 0 atom stereocenters. The molecule has 17 heavy (non-hydrogen) atoms. The Morgan fingerprint density at radius 3 is 2.47 bits per heavy atom. The molecule has 1 aromatic rings. The van der Waals surface area contributed by atoms with Gasteiger partial charge in [-0.25, -0.2) is 0 Å². The van der Waals surface area contributed by atoms with Gasteiger partial charge in [0.05, 0.1) is 0 Å². The summed E-state index contributed by atoms with van der Waals surface area (Å²) < 4.78 is 0. The van der Waals surface area contributed by atoms with Gasteiger partial charge < -0.3 is 5.73 Å². The van der Waals surface area contributed by atoms with Crippen LogP contribution in [0, 0.1) is 5.92 Å². The molecule has 1 fully saturated rings. The lowest BCUT2D eigenvalue weighted by Gasteiger charge is -2.31. The fourth-order valence-corrected chi connectivity index (χ4v) is 2.44. The second-order valence-corrected chi connectivity index (χ2v) is 4.95. The highest BCUT2D eigenvalue weighted by Gasteiger charge is 2.18. The van der Waals surface area contributed by atoms with Gasteiger partial charge in [-0.15, -0.1) is 12.4 Å². The maximum Gasteiger partial charge on any atom is 0.0451 e. The van der Waals surface area contributed by atoms with E-state index in [0.717, 1.165) is 37.1 Å². The Kier molecular flexibility index (Phi) is 6.28. The lowest BCUT2D eigenvalue weighted by molar-refractivity contribution is 0.180. The summed E-state index contributed by atoms with van der Waals surface area (Å²) in [5, 5.41) is 0.878. The third-order valence-corrected chi connectivity index (χ3v) is 3.76. The average Bonchev–Trinajstić information content (AvgIpc) is 2.33. The van der Waals surface area contributed by atoms with E-state index in [2.05, 4.69) is 11.0 Å². The van der Waals surface area contributed by atoms with Crippen LogP contribution in [0.15, 0.2) is 24.3 Å². The molecular formula is C13H20Cl2N2. The van der Waals surface area contributed by atoms with Crippen molar-refractivity contribution in [3.63, 3.8) is 0 Å². The first-order valence-electron chi connectivity index (χ1n) is 5.95. The standard InChI is InChI=1S/C13H19ClN2.ClH/c14-13-4-2-1-3-12(13)10-16-7-5-11(9-15)6-8-16;/h1-4,11H,5-10,15H2;1H. The zero-order valence-electron chi connectivity index (χ0n) is 9.94. The zero-order valence-corrected chi connectivity index (χ0v) is 11.5. The molecule has 2 N–H and O–H groups in total. The molecule has 0 aliphatic carbocycles. The topological polar surface area (TPSA) is 29.3 Å². The smallest absolute Gasteiger partial charge is 0.0451 e. The number of rotatable bonds is 3. The summed E-state index contributed by atoms with van der Waals surface area (Å²) in [6.45, 7) is 4.09. The highest BCUT2D eigenvalue weighted by Crippen LogP contribution is 2.21. The van der Waals surface area contributed by atoms with Gasteiger partial charge in [-0.2, -0.15) is 0 Å². The van der Waals surface area contributed by atoms with E-state index in [1.165, 1.54) is 18.4 Å². The largest absolute Gasteiger partial charge is 0.330 e. The summed E-state index contributed by atoms with van der Waals surface area (Å²) in [5.74, 6) is 0.725. The lowest BCUT2D eigenvalue weighted by atomic mass is 9.97. The van der Waals surface area contributed by atoms with E-state index < -0.39 is 0 Å². The maximum atomic E-state index is 6.15. The molecule has 1 aromatic carbocycles. The molecule has 0 unspecified atom stereocenters. The summed E-state index contributed by atoms with van der Waals surface area (Å²) in [6.07, 6.45) is 2.45. The molecule has 0 aromatic heterocycles. The first-order valence-corrected chi connectivity index (χ1v) is 6.33. The SMILES string of the molecule is Cl.NCC1CCN(Cc2ccccc2Cl)CC1. The van der Waals surface area contributed by atoms with Crippen LogP contribution in [0.25, 0.3) is 0 Å². The number of halogens is 2. The lowest BCUT2D eigenvalue weighted by Crippen LogP contribution is -2.35. The minimum Gasteiger partial charge on any atom is -0.330 e. The van der Waals surface area contributed by atoms with Crippen LogP contribution in [0.3, 0.4) is 0 Å². The number of likely N-dealkylation sites (tertiary alicyclic amines) is 1. The van der Waals surface area contributed by atoms with E-state index in [9.17, 15) is 0 Å². The van der Waals surface area contributed by atoms with Crippen molar-refractivity contribution < 1.29 is 0 Å². The Balaban J connectivity index is 0.00000144. The average molecular weight is 275 g/mol. The molecule has 1 heterocycles. The highest BCUT2D eigenvalue weighted by molar-refractivity contribution is 6.31. The van der Waals surface area contributed by atoms with Crippen molar-refractivity contribution in [1.29, 1.82) is 0 Å². The summed E-state index contributed by atoms with van der Waals surface area (Å²) >= 11 is 6.15. The van der Waals surface area contributed by atoms with Crippen LogP contribution in [-0.4, -0.2) is 24.5 Å². The van der Waals surface area contributed by atoms with Crippen molar-refractivity contribution in [3.05, 3.63) is 34.9 Å². The Labute approximate surface area is 115 Å². The number of piperidine rings is 1. The molecule has 2 nitrogen and oxygen atoms in total. The van der Waals surface area contributed by atoms with Crippen LogP contribution in [0.2, 0.25) is 5.02 Å². The van der Waals surface area contributed by atoms with E-state index in [4.69, 9.17) is 17.3 Å².